The van der Waals surface area contributed by atoms with Crippen LogP contribution < -0.4 is 10.6 Å². The van der Waals surface area contributed by atoms with E-state index in [1.54, 1.807) is 24.8 Å². The molecular weight excluding hydrogens is 420 g/mol. The first-order chi connectivity index (χ1) is 16.3. The summed E-state index contributed by atoms with van der Waals surface area (Å²) in [7, 11) is 0. The molecule has 0 bridgehead atoms. The van der Waals surface area contributed by atoms with Gasteiger partial charge in [-0.25, -0.2) is 19.9 Å². The number of nitrogens with zero attached hydrogens (tertiary/aromatic N) is 4. The number of nitrogens with one attached hydrogen (secondary N) is 2. The topological polar surface area (TPSA) is 75.6 Å². The highest BCUT2D eigenvalue weighted by Gasteiger charge is 2.36. The van der Waals surface area contributed by atoms with Gasteiger partial charge in [0.15, 0.2) is 11.6 Å². The fourth-order valence-corrected chi connectivity index (χ4v) is 3.53. The summed E-state index contributed by atoms with van der Waals surface area (Å²) in [6, 6.07) is 20.5. The molecule has 6 heteroatoms. The molecule has 0 spiro atoms. The fourth-order valence-electron chi connectivity index (χ4n) is 3.53. The van der Waals surface area contributed by atoms with Crippen molar-refractivity contribution < 1.29 is 0 Å². The van der Waals surface area contributed by atoms with E-state index in [1.807, 2.05) is 12.1 Å². The van der Waals surface area contributed by atoms with Crippen molar-refractivity contribution in [3.05, 3.63) is 96.6 Å². The van der Waals surface area contributed by atoms with Gasteiger partial charge in [-0.05, 0) is 51.0 Å². The fraction of sp³-hybridized carbons (Fsp3) is 0.286. The zero-order chi connectivity index (χ0) is 24.0. The van der Waals surface area contributed by atoms with Crippen LogP contribution in [-0.2, 0) is 13.1 Å². The summed E-state index contributed by atoms with van der Waals surface area (Å²) in [6.07, 6.45) is 7.06. The summed E-state index contributed by atoms with van der Waals surface area (Å²) in [5.74, 6) is 1.49. The minimum absolute atomic E-state index is 0.147. The van der Waals surface area contributed by atoms with Crippen molar-refractivity contribution in [3.63, 3.8) is 0 Å². The second-order valence-electron chi connectivity index (χ2n) is 9.50. The number of aromatic nitrogens is 4. The quantitative estimate of drug-likeness (QED) is 0.371. The lowest BCUT2D eigenvalue weighted by molar-refractivity contribution is 0.189. The van der Waals surface area contributed by atoms with E-state index < -0.39 is 0 Å². The molecule has 4 rings (SSSR count). The van der Waals surface area contributed by atoms with E-state index in [0.717, 1.165) is 35.9 Å². The van der Waals surface area contributed by atoms with E-state index in [9.17, 15) is 0 Å². The van der Waals surface area contributed by atoms with Gasteiger partial charge in [0.2, 0.25) is 0 Å². The van der Waals surface area contributed by atoms with E-state index in [2.05, 4.69) is 107 Å². The maximum atomic E-state index is 4.32. The highest BCUT2D eigenvalue weighted by Crippen LogP contribution is 2.23. The van der Waals surface area contributed by atoms with Crippen LogP contribution in [0.5, 0.6) is 0 Å². The normalized spacial score (nSPS) is 12.0. The van der Waals surface area contributed by atoms with Crippen LogP contribution in [-0.4, -0.2) is 31.0 Å². The first-order valence-corrected chi connectivity index (χ1v) is 11.6. The van der Waals surface area contributed by atoms with E-state index >= 15 is 0 Å². The van der Waals surface area contributed by atoms with Gasteiger partial charge in [-0.1, -0.05) is 48.5 Å². The van der Waals surface area contributed by atoms with Gasteiger partial charge in [-0.15, -0.1) is 0 Å². The zero-order valence-corrected chi connectivity index (χ0v) is 20.3. The first kappa shape index (κ1) is 23.7. The van der Waals surface area contributed by atoms with E-state index in [1.165, 1.54) is 11.1 Å². The van der Waals surface area contributed by atoms with Crippen LogP contribution in [0.3, 0.4) is 0 Å². The Kier molecular flexibility index (Phi) is 7.10. The number of benzene rings is 2. The summed E-state index contributed by atoms with van der Waals surface area (Å²) >= 11 is 0. The van der Waals surface area contributed by atoms with E-state index in [-0.39, 0.29) is 11.1 Å². The van der Waals surface area contributed by atoms with E-state index in [0.29, 0.717) is 0 Å². The lowest BCUT2D eigenvalue weighted by atomic mass is 9.82. The summed E-state index contributed by atoms with van der Waals surface area (Å²) in [4.78, 5) is 17.3. The largest absolute Gasteiger partial charge is 0.306 e. The molecule has 0 saturated heterocycles. The third-order valence-corrected chi connectivity index (χ3v) is 6.59. The summed E-state index contributed by atoms with van der Waals surface area (Å²) in [5.41, 5.74) is 4.20. The molecule has 174 valence electrons. The predicted molar refractivity (Wildman–Crippen MR) is 137 cm³/mol. The highest BCUT2D eigenvalue weighted by atomic mass is 15.1. The van der Waals surface area contributed by atoms with Crippen LogP contribution in [0.4, 0.5) is 0 Å². The Hall–Kier alpha value is -3.48. The average Bonchev–Trinajstić information content (AvgIpc) is 2.88. The van der Waals surface area contributed by atoms with Crippen molar-refractivity contribution in [2.45, 2.75) is 51.9 Å². The van der Waals surface area contributed by atoms with Gasteiger partial charge in [-0.3, -0.25) is 0 Å². The highest BCUT2D eigenvalue weighted by molar-refractivity contribution is 5.55. The molecule has 0 aliphatic heterocycles. The van der Waals surface area contributed by atoms with Crippen molar-refractivity contribution in [2.75, 3.05) is 0 Å². The molecule has 34 heavy (non-hydrogen) atoms. The number of rotatable bonds is 9. The molecule has 0 saturated carbocycles. The van der Waals surface area contributed by atoms with Crippen LogP contribution in [0, 0.1) is 0 Å². The van der Waals surface area contributed by atoms with Crippen molar-refractivity contribution in [2.24, 2.45) is 0 Å². The molecule has 0 aliphatic carbocycles. The molecule has 0 fully saturated rings. The molecule has 4 aromatic rings. The summed E-state index contributed by atoms with van der Waals surface area (Å²) in [6.45, 7) is 10.5. The zero-order valence-electron chi connectivity index (χ0n) is 20.3. The Morgan fingerprint density at radius 2 is 0.853 bits per heavy atom. The number of hydrogen-bond donors (Lipinski definition) is 2. The summed E-state index contributed by atoms with van der Waals surface area (Å²) in [5, 5.41) is 7.46. The standard InChI is InChI=1S/C28H32N6/c1-27(2,33-19-21-7-11-23(12-8-21)25-29-15-5-16-30-25)28(3,4)34-20-22-9-13-24(14-10-22)26-31-17-6-18-32-26/h5-18,33-34H,19-20H2,1-4H3. The number of hydrogen-bond acceptors (Lipinski definition) is 6. The Morgan fingerprint density at radius 3 is 1.18 bits per heavy atom. The van der Waals surface area contributed by atoms with Crippen molar-refractivity contribution in [3.8, 4) is 22.8 Å². The van der Waals surface area contributed by atoms with Crippen LogP contribution in [0.15, 0.2) is 85.5 Å². The molecule has 0 amide bonds. The molecular formula is C28H32N6. The van der Waals surface area contributed by atoms with Crippen LogP contribution in [0.25, 0.3) is 22.8 Å². The minimum Gasteiger partial charge on any atom is -0.306 e. The third kappa shape index (κ3) is 5.71. The van der Waals surface area contributed by atoms with Gasteiger partial charge in [0.25, 0.3) is 0 Å². The van der Waals surface area contributed by atoms with Gasteiger partial charge in [0.1, 0.15) is 0 Å². The SMILES string of the molecule is CC(C)(NCc1ccc(-c2ncccn2)cc1)C(C)(C)NCc1ccc(-c2ncccn2)cc1. The molecule has 0 atom stereocenters. The predicted octanol–water partition coefficient (Wildman–Crippen LogP) is 5.04. The van der Waals surface area contributed by atoms with Gasteiger partial charge in [0.05, 0.1) is 0 Å². The Morgan fingerprint density at radius 1 is 0.529 bits per heavy atom. The van der Waals surface area contributed by atoms with Crippen LogP contribution in [0.2, 0.25) is 0 Å². The lowest BCUT2D eigenvalue weighted by Crippen LogP contribution is -2.62. The van der Waals surface area contributed by atoms with E-state index in [4.69, 9.17) is 0 Å². The maximum Gasteiger partial charge on any atom is 0.159 e. The van der Waals surface area contributed by atoms with Crippen LogP contribution >= 0.6 is 0 Å². The summed E-state index contributed by atoms with van der Waals surface area (Å²) < 4.78 is 0. The van der Waals surface area contributed by atoms with Gasteiger partial charge < -0.3 is 10.6 Å². The first-order valence-electron chi connectivity index (χ1n) is 11.6. The molecule has 2 aromatic carbocycles. The smallest absolute Gasteiger partial charge is 0.159 e. The monoisotopic (exact) mass is 452 g/mol. The third-order valence-electron chi connectivity index (χ3n) is 6.59. The van der Waals surface area contributed by atoms with Gasteiger partial charge >= 0.3 is 0 Å². The molecule has 2 aromatic heterocycles. The van der Waals surface area contributed by atoms with Crippen LogP contribution in [0.1, 0.15) is 38.8 Å². The van der Waals surface area contributed by atoms with Crippen molar-refractivity contribution in [1.82, 2.24) is 30.6 Å². The second kappa shape index (κ2) is 10.2. The van der Waals surface area contributed by atoms with Gasteiger partial charge in [-0.2, -0.15) is 0 Å². The molecule has 0 radical (unpaired) electrons. The molecule has 2 heterocycles. The Bertz CT molecular complexity index is 1070. The Labute approximate surface area is 202 Å². The molecule has 6 nitrogen and oxygen atoms in total. The maximum absolute atomic E-state index is 4.32. The minimum atomic E-state index is -0.147. The van der Waals surface area contributed by atoms with Gasteiger partial charge in [0, 0.05) is 60.1 Å². The molecule has 0 unspecified atom stereocenters. The Balaban J connectivity index is 1.33. The average molecular weight is 453 g/mol. The molecule has 2 N–H and O–H groups in total. The van der Waals surface area contributed by atoms with Crippen molar-refractivity contribution in [1.29, 1.82) is 0 Å². The second-order valence-corrected chi connectivity index (χ2v) is 9.50. The van der Waals surface area contributed by atoms with Crippen molar-refractivity contribution >= 4 is 0 Å². The molecule has 0 aliphatic rings. The lowest BCUT2D eigenvalue weighted by Gasteiger charge is -2.43.